The third-order valence-corrected chi connectivity index (χ3v) is 3.75. The Morgan fingerprint density at radius 3 is 2.50 bits per heavy atom. The van der Waals surface area contributed by atoms with Gasteiger partial charge in [-0.1, -0.05) is 19.3 Å². The molecule has 20 heavy (non-hydrogen) atoms. The summed E-state index contributed by atoms with van der Waals surface area (Å²) >= 11 is 5.57. The molecule has 1 fully saturated rings. The second-order valence-corrected chi connectivity index (χ2v) is 5.36. The summed E-state index contributed by atoms with van der Waals surface area (Å²) in [6, 6.07) is 7.39. The van der Waals surface area contributed by atoms with Crippen molar-refractivity contribution in [2.45, 2.75) is 38.1 Å². The van der Waals surface area contributed by atoms with E-state index in [9.17, 15) is 4.79 Å². The number of nitrogens with two attached hydrogens (primary N) is 1. The average Bonchev–Trinajstić information content (AvgIpc) is 2.49. The molecule has 0 radical (unpaired) electrons. The number of benzene rings is 1. The van der Waals surface area contributed by atoms with Crippen LogP contribution in [0.25, 0.3) is 0 Å². The Labute approximate surface area is 124 Å². The number of amides is 1. The van der Waals surface area contributed by atoms with Gasteiger partial charge in [0.2, 0.25) is 0 Å². The molecule has 3 N–H and O–H groups in total. The number of alkyl halides is 1. The summed E-state index contributed by atoms with van der Waals surface area (Å²) < 4.78 is 0. The highest BCUT2D eigenvalue weighted by Crippen LogP contribution is 2.18. The quantitative estimate of drug-likeness (QED) is 0.509. The monoisotopic (exact) mass is 293 g/mol. The molecular weight excluding hydrogens is 274 g/mol. The van der Waals surface area contributed by atoms with Crippen molar-refractivity contribution in [2.24, 2.45) is 10.7 Å². The molecule has 0 spiro atoms. The molecule has 0 saturated heterocycles. The van der Waals surface area contributed by atoms with Gasteiger partial charge in [0.15, 0.2) is 0 Å². The number of hydrogen-bond acceptors (Lipinski definition) is 2. The molecule has 1 aromatic carbocycles. The van der Waals surface area contributed by atoms with Crippen LogP contribution in [-0.4, -0.2) is 23.7 Å². The fraction of sp³-hybridized carbons (Fsp3) is 0.467. The van der Waals surface area contributed by atoms with E-state index in [2.05, 4.69) is 10.3 Å². The third-order valence-electron chi connectivity index (χ3n) is 3.48. The van der Waals surface area contributed by atoms with Gasteiger partial charge in [-0.15, -0.1) is 11.6 Å². The normalized spacial score (nSPS) is 16.9. The van der Waals surface area contributed by atoms with Crippen LogP contribution in [-0.2, 0) is 0 Å². The first-order valence-electron chi connectivity index (χ1n) is 6.99. The van der Waals surface area contributed by atoms with Crippen molar-refractivity contribution in [3.05, 3.63) is 29.8 Å². The highest BCUT2D eigenvalue weighted by atomic mass is 35.5. The Hall–Kier alpha value is -1.55. The standard InChI is InChI=1S/C15H20ClN3O/c16-10-14(17)18-13-8-6-11(7-9-13)15(20)19-12-4-2-1-3-5-12/h6-9,12H,1-5,10H2,(H2,17,18)(H,19,20). The fourth-order valence-corrected chi connectivity index (χ4v) is 2.46. The Bertz CT molecular complexity index is 478. The molecular formula is C15H20ClN3O. The van der Waals surface area contributed by atoms with Crippen LogP contribution in [0.2, 0.25) is 0 Å². The van der Waals surface area contributed by atoms with Gasteiger partial charge in [-0.3, -0.25) is 4.79 Å². The maximum atomic E-state index is 12.1. The lowest BCUT2D eigenvalue weighted by atomic mass is 9.95. The Morgan fingerprint density at radius 1 is 1.25 bits per heavy atom. The SMILES string of the molecule is NC(CCl)=Nc1ccc(C(=O)NC2CCCCC2)cc1. The predicted molar refractivity (Wildman–Crippen MR) is 82.8 cm³/mol. The van der Waals surface area contributed by atoms with Crippen LogP contribution in [0.5, 0.6) is 0 Å². The molecule has 0 unspecified atom stereocenters. The topological polar surface area (TPSA) is 67.5 Å². The lowest BCUT2D eigenvalue weighted by Crippen LogP contribution is -2.36. The van der Waals surface area contributed by atoms with Gasteiger partial charge in [-0.25, -0.2) is 4.99 Å². The van der Waals surface area contributed by atoms with Gasteiger partial charge in [-0.05, 0) is 37.1 Å². The summed E-state index contributed by atoms with van der Waals surface area (Å²) in [4.78, 5) is 16.2. The number of hydrogen-bond donors (Lipinski definition) is 2. The number of rotatable bonds is 4. The summed E-state index contributed by atoms with van der Waals surface area (Å²) in [6.45, 7) is 0. The number of nitrogens with one attached hydrogen (secondary N) is 1. The Kier molecular flexibility index (Phi) is 5.41. The van der Waals surface area contributed by atoms with Crippen LogP contribution < -0.4 is 11.1 Å². The fourth-order valence-electron chi connectivity index (χ4n) is 2.40. The maximum absolute atomic E-state index is 12.1. The molecule has 0 aliphatic heterocycles. The number of amidine groups is 1. The van der Waals surface area contributed by atoms with Crippen LogP contribution in [0, 0.1) is 0 Å². The molecule has 0 aromatic heterocycles. The minimum atomic E-state index is -0.0160. The van der Waals surface area contributed by atoms with Gasteiger partial charge in [0.05, 0.1) is 11.6 Å². The summed E-state index contributed by atoms with van der Waals surface area (Å²) in [5.41, 5.74) is 6.92. The third kappa shape index (κ3) is 4.23. The van der Waals surface area contributed by atoms with E-state index in [0.717, 1.165) is 12.8 Å². The van der Waals surface area contributed by atoms with Gasteiger partial charge in [0, 0.05) is 11.6 Å². The highest BCUT2D eigenvalue weighted by Gasteiger charge is 2.16. The van der Waals surface area contributed by atoms with Crippen molar-refractivity contribution in [2.75, 3.05) is 5.88 Å². The molecule has 1 aliphatic carbocycles. The second-order valence-electron chi connectivity index (χ2n) is 5.09. The van der Waals surface area contributed by atoms with Crippen molar-refractivity contribution in [1.82, 2.24) is 5.32 Å². The second kappa shape index (κ2) is 7.29. The number of carbonyl (C=O) groups excluding carboxylic acids is 1. The van der Waals surface area contributed by atoms with Gasteiger partial charge in [0.1, 0.15) is 5.84 Å². The summed E-state index contributed by atoms with van der Waals surface area (Å²) in [7, 11) is 0. The van der Waals surface area contributed by atoms with E-state index in [1.54, 1.807) is 24.3 Å². The van der Waals surface area contributed by atoms with Crippen LogP contribution >= 0.6 is 11.6 Å². The number of carbonyl (C=O) groups is 1. The zero-order valence-electron chi connectivity index (χ0n) is 11.4. The van der Waals surface area contributed by atoms with Crippen LogP contribution in [0.3, 0.4) is 0 Å². The van der Waals surface area contributed by atoms with Crippen LogP contribution in [0.15, 0.2) is 29.3 Å². The summed E-state index contributed by atoms with van der Waals surface area (Å²) in [5.74, 6) is 0.549. The van der Waals surface area contributed by atoms with E-state index in [4.69, 9.17) is 17.3 Å². The van der Waals surface area contributed by atoms with E-state index in [-0.39, 0.29) is 11.8 Å². The minimum Gasteiger partial charge on any atom is -0.386 e. The molecule has 5 heteroatoms. The minimum absolute atomic E-state index is 0.0160. The zero-order valence-corrected chi connectivity index (χ0v) is 12.2. The molecule has 1 amide bonds. The van der Waals surface area contributed by atoms with E-state index in [1.807, 2.05) is 0 Å². The van der Waals surface area contributed by atoms with Gasteiger partial charge >= 0.3 is 0 Å². The van der Waals surface area contributed by atoms with Crippen molar-refractivity contribution in [3.8, 4) is 0 Å². The zero-order chi connectivity index (χ0) is 14.4. The number of aliphatic imine (C=N–C) groups is 1. The largest absolute Gasteiger partial charge is 0.386 e. The molecule has 1 saturated carbocycles. The summed E-state index contributed by atoms with van der Waals surface area (Å²) in [6.07, 6.45) is 5.86. The lowest BCUT2D eigenvalue weighted by Gasteiger charge is -2.22. The van der Waals surface area contributed by atoms with Crippen LogP contribution in [0.1, 0.15) is 42.5 Å². The molecule has 4 nitrogen and oxygen atoms in total. The molecule has 2 rings (SSSR count). The Morgan fingerprint density at radius 2 is 1.90 bits per heavy atom. The molecule has 0 bridgehead atoms. The Balaban J connectivity index is 1.96. The van der Waals surface area contributed by atoms with Crippen molar-refractivity contribution >= 4 is 29.0 Å². The number of halogens is 1. The number of nitrogens with zero attached hydrogens (tertiary/aromatic N) is 1. The van der Waals surface area contributed by atoms with Crippen molar-refractivity contribution in [3.63, 3.8) is 0 Å². The van der Waals surface area contributed by atoms with Gasteiger partial charge in [0.25, 0.3) is 5.91 Å². The molecule has 108 valence electrons. The molecule has 1 aromatic rings. The average molecular weight is 294 g/mol. The van der Waals surface area contributed by atoms with E-state index < -0.39 is 0 Å². The van der Waals surface area contributed by atoms with Gasteiger partial charge in [-0.2, -0.15) is 0 Å². The van der Waals surface area contributed by atoms with Crippen LogP contribution in [0.4, 0.5) is 5.69 Å². The summed E-state index contributed by atoms with van der Waals surface area (Å²) in [5, 5.41) is 3.09. The maximum Gasteiger partial charge on any atom is 0.251 e. The lowest BCUT2D eigenvalue weighted by molar-refractivity contribution is 0.0928. The van der Waals surface area contributed by atoms with E-state index in [1.165, 1.54) is 19.3 Å². The molecule has 1 aliphatic rings. The first-order valence-corrected chi connectivity index (χ1v) is 7.52. The molecule has 0 heterocycles. The molecule has 0 atom stereocenters. The van der Waals surface area contributed by atoms with Gasteiger partial charge < -0.3 is 11.1 Å². The smallest absolute Gasteiger partial charge is 0.251 e. The van der Waals surface area contributed by atoms with E-state index >= 15 is 0 Å². The van der Waals surface area contributed by atoms with Crippen molar-refractivity contribution < 1.29 is 4.79 Å². The predicted octanol–water partition coefficient (Wildman–Crippen LogP) is 2.98. The first-order chi connectivity index (χ1) is 9.69. The first kappa shape index (κ1) is 14.9. The van der Waals surface area contributed by atoms with Crippen molar-refractivity contribution in [1.29, 1.82) is 0 Å². The highest BCUT2D eigenvalue weighted by molar-refractivity contribution is 6.28. The van der Waals surface area contributed by atoms with E-state index in [0.29, 0.717) is 23.1 Å².